The molecule has 0 saturated carbocycles. The Bertz CT molecular complexity index is 505. The first-order valence-electron chi connectivity index (χ1n) is 7.73. The zero-order valence-corrected chi connectivity index (χ0v) is 14.1. The molecular weight excluding hydrogens is 276 g/mol. The Morgan fingerprint density at radius 1 is 1.14 bits per heavy atom. The predicted molar refractivity (Wildman–Crippen MR) is 92.9 cm³/mol. The van der Waals surface area contributed by atoms with E-state index in [9.17, 15) is 0 Å². The fourth-order valence-corrected chi connectivity index (χ4v) is 3.24. The van der Waals surface area contributed by atoms with E-state index in [1.807, 2.05) is 11.3 Å². The molecule has 0 bridgehead atoms. The highest BCUT2D eigenvalue weighted by Gasteiger charge is 2.12. The minimum absolute atomic E-state index is 0.471. The van der Waals surface area contributed by atoms with Gasteiger partial charge in [0.1, 0.15) is 0 Å². The van der Waals surface area contributed by atoms with Crippen molar-refractivity contribution in [3.05, 3.63) is 57.8 Å². The van der Waals surface area contributed by atoms with E-state index in [-0.39, 0.29) is 0 Å². The van der Waals surface area contributed by atoms with Gasteiger partial charge in [-0.05, 0) is 56.1 Å². The van der Waals surface area contributed by atoms with Crippen molar-refractivity contribution in [2.24, 2.45) is 0 Å². The van der Waals surface area contributed by atoms with E-state index < -0.39 is 0 Å². The van der Waals surface area contributed by atoms with E-state index >= 15 is 0 Å². The summed E-state index contributed by atoms with van der Waals surface area (Å²) in [5.41, 5.74) is 2.79. The lowest BCUT2D eigenvalue weighted by Crippen LogP contribution is -2.21. The summed E-state index contributed by atoms with van der Waals surface area (Å²) in [5.74, 6) is 0. The van der Waals surface area contributed by atoms with Gasteiger partial charge in [0, 0.05) is 17.5 Å². The number of thiophene rings is 1. The number of hydrogen-bond acceptors (Lipinski definition) is 3. The smallest absolute Gasteiger partial charge is 0.0413 e. The van der Waals surface area contributed by atoms with Crippen LogP contribution in [0.3, 0.4) is 0 Å². The highest BCUT2D eigenvalue weighted by molar-refractivity contribution is 7.10. The molecule has 1 N–H and O–H groups in total. The first kappa shape index (κ1) is 16.2. The summed E-state index contributed by atoms with van der Waals surface area (Å²) in [6.07, 6.45) is 1.11. The lowest BCUT2D eigenvalue weighted by Gasteiger charge is -2.24. The van der Waals surface area contributed by atoms with E-state index in [0.29, 0.717) is 6.04 Å². The summed E-state index contributed by atoms with van der Waals surface area (Å²) in [7, 11) is 2.20. The minimum Gasteiger partial charge on any atom is -0.317 e. The second-order valence-electron chi connectivity index (χ2n) is 5.53. The summed E-state index contributed by atoms with van der Waals surface area (Å²) in [5, 5.41) is 5.52. The Morgan fingerprint density at radius 3 is 2.48 bits per heavy atom. The molecule has 1 unspecified atom stereocenters. The van der Waals surface area contributed by atoms with Crippen LogP contribution in [0.15, 0.2) is 41.8 Å². The van der Waals surface area contributed by atoms with Gasteiger partial charge in [0.05, 0.1) is 0 Å². The normalized spacial score (nSPS) is 12.8. The van der Waals surface area contributed by atoms with Crippen LogP contribution in [-0.4, -0.2) is 25.0 Å². The second-order valence-corrected chi connectivity index (χ2v) is 6.51. The molecule has 2 nitrogen and oxygen atoms in total. The quantitative estimate of drug-likeness (QED) is 0.739. The molecular formula is C18H26N2S. The van der Waals surface area contributed by atoms with Crippen LogP contribution in [0.1, 0.15) is 35.9 Å². The summed E-state index contributed by atoms with van der Waals surface area (Å²) in [6, 6.07) is 13.9. The summed E-state index contributed by atoms with van der Waals surface area (Å²) >= 11 is 1.83. The van der Waals surface area contributed by atoms with Crippen molar-refractivity contribution >= 4 is 11.3 Å². The number of rotatable bonds is 8. The molecule has 0 spiro atoms. The monoisotopic (exact) mass is 302 g/mol. The van der Waals surface area contributed by atoms with Crippen molar-refractivity contribution in [2.45, 2.75) is 32.9 Å². The van der Waals surface area contributed by atoms with Crippen LogP contribution in [0.25, 0.3) is 0 Å². The summed E-state index contributed by atoms with van der Waals surface area (Å²) in [6.45, 7) is 7.52. The Labute approximate surface area is 132 Å². The van der Waals surface area contributed by atoms with Gasteiger partial charge in [-0.3, -0.25) is 4.90 Å². The maximum atomic E-state index is 3.37. The predicted octanol–water partition coefficient (Wildman–Crippen LogP) is 4.09. The second kappa shape index (κ2) is 8.32. The molecule has 2 rings (SSSR count). The molecule has 0 fully saturated rings. The minimum atomic E-state index is 0.471. The molecule has 1 heterocycles. The van der Waals surface area contributed by atoms with Crippen molar-refractivity contribution < 1.29 is 0 Å². The van der Waals surface area contributed by atoms with Gasteiger partial charge in [0.2, 0.25) is 0 Å². The topological polar surface area (TPSA) is 15.3 Å². The van der Waals surface area contributed by atoms with Crippen LogP contribution in [0, 0.1) is 0 Å². The molecule has 0 radical (unpaired) electrons. The van der Waals surface area contributed by atoms with Gasteiger partial charge in [-0.15, -0.1) is 11.3 Å². The number of hydrogen-bond donors (Lipinski definition) is 1. The molecule has 2 aromatic rings. The number of likely N-dealkylation sites (N-methyl/N-ethyl adjacent to an activating group) is 1. The number of nitrogens with one attached hydrogen (secondary N) is 1. The van der Waals surface area contributed by atoms with E-state index in [1.165, 1.54) is 16.0 Å². The van der Waals surface area contributed by atoms with Gasteiger partial charge in [-0.2, -0.15) is 0 Å². The molecule has 0 aliphatic heterocycles. The molecule has 0 saturated heterocycles. The average Bonchev–Trinajstić information content (AvgIpc) is 3.02. The van der Waals surface area contributed by atoms with Gasteiger partial charge in [-0.25, -0.2) is 0 Å². The van der Waals surface area contributed by atoms with Gasteiger partial charge >= 0.3 is 0 Å². The Kier molecular flexibility index (Phi) is 6.43. The lowest BCUT2D eigenvalue weighted by molar-refractivity contribution is 0.256. The van der Waals surface area contributed by atoms with E-state index in [4.69, 9.17) is 0 Å². The van der Waals surface area contributed by atoms with E-state index in [0.717, 1.165) is 26.1 Å². The molecule has 3 heteroatoms. The standard InChI is InChI=1S/C18H26N2S/c1-4-19-12-11-16-7-9-17(10-8-16)14-20(3)15(2)18-6-5-13-21-18/h5-10,13,15,19H,4,11-12,14H2,1-3H3. The van der Waals surface area contributed by atoms with Crippen LogP contribution >= 0.6 is 11.3 Å². The molecule has 1 aromatic heterocycles. The first-order valence-corrected chi connectivity index (χ1v) is 8.61. The zero-order valence-electron chi connectivity index (χ0n) is 13.3. The molecule has 0 aliphatic carbocycles. The van der Waals surface area contributed by atoms with Gasteiger partial charge < -0.3 is 5.32 Å². The van der Waals surface area contributed by atoms with Crippen LogP contribution in [0.4, 0.5) is 0 Å². The zero-order chi connectivity index (χ0) is 15.1. The molecule has 114 valence electrons. The van der Waals surface area contributed by atoms with Crippen LogP contribution in [-0.2, 0) is 13.0 Å². The Morgan fingerprint density at radius 2 is 1.86 bits per heavy atom. The molecule has 1 aromatic carbocycles. The van der Waals surface area contributed by atoms with E-state index in [1.54, 1.807) is 0 Å². The van der Waals surface area contributed by atoms with Crippen molar-refractivity contribution in [1.82, 2.24) is 10.2 Å². The van der Waals surface area contributed by atoms with Crippen molar-refractivity contribution in [3.8, 4) is 0 Å². The Hall–Kier alpha value is -1.16. The summed E-state index contributed by atoms with van der Waals surface area (Å²) < 4.78 is 0. The Balaban J connectivity index is 1.87. The number of benzene rings is 1. The first-order chi connectivity index (χ1) is 10.2. The third-order valence-corrected chi connectivity index (χ3v) is 4.95. The lowest BCUT2D eigenvalue weighted by atomic mass is 10.1. The average molecular weight is 302 g/mol. The highest BCUT2D eigenvalue weighted by Crippen LogP contribution is 2.24. The third kappa shape index (κ3) is 4.95. The molecule has 0 amide bonds. The van der Waals surface area contributed by atoms with Crippen molar-refractivity contribution in [3.63, 3.8) is 0 Å². The largest absolute Gasteiger partial charge is 0.317 e. The van der Waals surface area contributed by atoms with Crippen LogP contribution < -0.4 is 5.32 Å². The van der Waals surface area contributed by atoms with Crippen molar-refractivity contribution in [2.75, 3.05) is 20.1 Å². The van der Waals surface area contributed by atoms with Gasteiger partial charge in [0.15, 0.2) is 0 Å². The fourth-order valence-electron chi connectivity index (χ4n) is 2.39. The summed E-state index contributed by atoms with van der Waals surface area (Å²) in [4.78, 5) is 3.83. The maximum absolute atomic E-state index is 3.37. The maximum Gasteiger partial charge on any atom is 0.0413 e. The molecule has 21 heavy (non-hydrogen) atoms. The highest BCUT2D eigenvalue weighted by atomic mass is 32.1. The van der Waals surface area contributed by atoms with Gasteiger partial charge in [-0.1, -0.05) is 37.3 Å². The third-order valence-electron chi connectivity index (χ3n) is 3.91. The van der Waals surface area contributed by atoms with Crippen molar-refractivity contribution in [1.29, 1.82) is 0 Å². The van der Waals surface area contributed by atoms with Crippen LogP contribution in [0.5, 0.6) is 0 Å². The fraction of sp³-hybridized carbons (Fsp3) is 0.444. The van der Waals surface area contributed by atoms with Gasteiger partial charge in [0.25, 0.3) is 0 Å². The SMILES string of the molecule is CCNCCc1ccc(CN(C)C(C)c2cccs2)cc1. The number of nitrogens with zero attached hydrogens (tertiary/aromatic N) is 1. The van der Waals surface area contributed by atoms with Crippen LogP contribution in [0.2, 0.25) is 0 Å². The molecule has 1 atom stereocenters. The van der Waals surface area contributed by atoms with E-state index in [2.05, 4.69) is 72.9 Å². The molecule has 0 aliphatic rings.